The van der Waals surface area contributed by atoms with Crippen LogP contribution < -0.4 is 9.62 Å². The molecule has 1 N–H and O–H groups in total. The van der Waals surface area contributed by atoms with Crippen molar-refractivity contribution in [1.82, 2.24) is 10.2 Å². The Morgan fingerprint density at radius 2 is 1.55 bits per heavy atom. The zero-order chi connectivity index (χ0) is 28.1. The van der Waals surface area contributed by atoms with Gasteiger partial charge in [-0.25, -0.2) is 8.42 Å². The van der Waals surface area contributed by atoms with Crippen LogP contribution in [0, 0.1) is 6.92 Å². The third-order valence-electron chi connectivity index (χ3n) is 7.29. The Labute approximate surface area is 228 Å². The second kappa shape index (κ2) is 12.3. The van der Waals surface area contributed by atoms with Crippen LogP contribution in [0.25, 0.3) is 0 Å². The van der Waals surface area contributed by atoms with Crippen molar-refractivity contribution in [3.05, 3.63) is 65.2 Å². The van der Waals surface area contributed by atoms with Crippen LogP contribution in [-0.4, -0.2) is 50.0 Å². The number of benzene rings is 2. The van der Waals surface area contributed by atoms with Crippen LogP contribution in [0.5, 0.6) is 0 Å². The molecule has 1 fully saturated rings. The molecule has 8 heteroatoms. The molecule has 3 rings (SSSR count). The lowest BCUT2D eigenvalue weighted by Gasteiger charge is -2.33. The van der Waals surface area contributed by atoms with Gasteiger partial charge in [0, 0.05) is 12.6 Å². The van der Waals surface area contributed by atoms with Crippen molar-refractivity contribution in [1.29, 1.82) is 0 Å². The smallest absolute Gasteiger partial charge is 0.244 e. The molecule has 2 aromatic rings. The summed E-state index contributed by atoms with van der Waals surface area (Å²) < 4.78 is 26.7. The molecule has 7 nitrogen and oxygen atoms in total. The third-order valence-corrected chi connectivity index (χ3v) is 8.43. The minimum atomic E-state index is -3.76. The predicted octanol–water partition coefficient (Wildman–Crippen LogP) is 4.92. The number of hydrogen-bond acceptors (Lipinski definition) is 4. The Balaban J connectivity index is 1.87. The van der Waals surface area contributed by atoms with Gasteiger partial charge in [0.15, 0.2) is 0 Å². The van der Waals surface area contributed by atoms with Gasteiger partial charge in [-0.15, -0.1) is 0 Å². The van der Waals surface area contributed by atoms with Gasteiger partial charge in [-0.3, -0.25) is 13.9 Å². The Bertz CT molecular complexity index is 1200. The van der Waals surface area contributed by atoms with Crippen molar-refractivity contribution in [3.8, 4) is 0 Å². The van der Waals surface area contributed by atoms with E-state index in [2.05, 4.69) is 26.1 Å². The van der Waals surface area contributed by atoms with Gasteiger partial charge >= 0.3 is 0 Å². The van der Waals surface area contributed by atoms with Gasteiger partial charge < -0.3 is 10.2 Å². The van der Waals surface area contributed by atoms with Gasteiger partial charge in [0.25, 0.3) is 0 Å². The Morgan fingerprint density at radius 1 is 0.974 bits per heavy atom. The number of carbonyl (C=O) groups is 2. The maximum Gasteiger partial charge on any atom is 0.244 e. The number of rotatable bonds is 9. The maximum absolute atomic E-state index is 13.7. The van der Waals surface area contributed by atoms with Gasteiger partial charge in [-0.2, -0.15) is 0 Å². The van der Waals surface area contributed by atoms with Crippen molar-refractivity contribution < 1.29 is 18.0 Å². The Morgan fingerprint density at radius 3 is 2.08 bits per heavy atom. The van der Waals surface area contributed by atoms with Crippen LogP contribution in [0.15, 0.2) is 48.5 Å². The summed E-state index contributed by atoms with van der Waals surface area (Å²) in [6.07, 6.45) is 6.33. The molecule has 0 radical (unpaired) electrons. The highest BCUT2D eigenvalue weighted by Crippen LogP contribution is 2.26. The summed E-state index contributed by atoms with van der Waals surface area (Å²) >= 11 is 0. The molecular weight excluding hydrogens is 498 g/mol. The van der Waals surface area contributed by atoms with Crippen LogP contribution >= 0.6 is 0 Å². The zero-order valence-corrected chi connectivity index (χ0v) is 24.5. The molecule has 208 valence electrons. The molecule has 0 aromatic heterocycles. The Kier molecular flexibility index (Phi) is 9.63. The fraction of sp³-hybridized carbons (Fsp3) is 0.533. The lowest BCUT2D eigenvalue weighted by molar-refractivity contribution is -0.139. The summed E-state index contributed by atoms with van der Waals surface area (Å²) in [5, 5.41) is 3.12. The molecule has 1 aliphatic rings. The Hall–Kier alpha value is -2.87. The second-order valence-corrected chi connectivity index (χ2v) is 13.5. The lowest BCUT2D eigenvalue weighted by atomic mass is 9.87. The number of anilines is 1. The first kappa shape index (κ1) is 29.7. The van der Waals surface area contributed by atoms with E-state index in [4.69, 9.17) is 0 Å². The standard InChI is InChI=1S/C30H43N3O4S/c1-22-12-14-24(15-13-22)20-32(23(2)29(35)31-26-10-8-7-9-11-26)28(34)21-33(38(6,36)37)27-18-16-25(17-19-27)30(3,4)5/h12-19,23,26H,7-11,20-21H2,1-6H3,(H,31,35). The molecule has 2 aromatic carbocycles. The normalized spacial score (nSPS) is 15.5. The molecule has 1 saturated carbocycles. The average molecular weight is 542 g/mol. The molecule has 0 heterocycles. The summed E-state index contributed by atoms with van der Waals surface area (Å²) in [5.74, 6) is -0.639. The fourth-order valence-electron chi connectivity index (χ4n) is 4.78. The van der Waals surface area contributed by atoms with Crippen LogP contribution in [0.3, 0.4) is 0 Å². The van der Waals surface area contributed by atoms with E-state index in [1.54, 1.807) is 19.1 Å². The second-order valence-electron chi connectivity index (χ2n) is 11.6. The first-order valence-electron chi connectivity index (χ1n) is 13.5. The molecule has 38 heavy (non-hydrogen) atoms. The van der Waals surface area contributed by atoms with Gasteiger partial charge in [0.2, 0.25) is 21.8 Å². The zero-order valence-electron chi connectivity index (χ0n) is 23.7. The molecule has 1 aliphatic carbocycles. The molecule has 1 atom stereocenters. The molecule has 2 amide bonds. The number of aryl methyl sites for hydroxylation is 1. The number of nitrogens with one attached hydrogen (secondary N) is 1. The number of sulfonamides is 1. The highest BCUT2D eigenvalue weighted by atomic mass is 32.2. The van der Waals surface area contributed by atoms with E-state index < -0.39 is 22.0 Å². The molecular formula is C30H43N3O4S. The van der Waals surface area contributed by atoms with E-state index in [1.165, 1.54) is 11.3 Å². The highest BCUT2D eigenvalue weighted by Gasteiger charge is 2.31. The lowest BCUT2D eigenvalue weighted by Crippen LogP contribution is -2.52. The van der Waals surface area contributed by atoms with E-state index in [-0.39, 0.29) is 30.5 Å². The number of hydrogen-bond donors (Lipinski definition) is 1. The van der Waals surface area contributed by atoms with Crippen molar-refractivity contribution in [2.24, 2.45) is 0 Å². The van der Waals surface area contributed by atoms with Crippen LogP contribution in [-0.2, 0) is 31.6 Å². The number of amides is 2. The van der Waals surface area contributed by atoms with Crippen LogP contribution in [0.1, 0.15) is 76.5 Å². The van der Waals surface area contributed by atoms with Gasteiger partial charge in [-0.1, -0.05) is 82.0 Å². The SMILES string of the molecule is Cc1ccc(CN(C(=O)CN(c2ccc(C(C)(C)C)cc2)S(C)(=O)=O)C(C)C(=O)NC2CCCCC2)cc1. The van der Waals surface area contributed by atoms with E-state index >= 15 is 0 Å². The first-order valence-corrected chi connectivity index (χ1v) is 15.3. The van der Waals surface area contributed by atoms with Gasteiger partial charge in [0.1, 0.15) is 12.6 Å². The maximum atomic E-state index is 13.7. The van der Waals surface area contributed by atoms with Crippen molar-refractivity contribution in [2.75, 3.05) is 17.1 Å². The fourth-order valence-corrected chi connectivity index (χ4v) is 5.63. The minimum Gasteiger partial charge on any atom is -0.352 e. The first-order chi connectivity index (χ1) is 17.8. The van der Waals surface area contributed by atoms with E-state index in [9.17, 15) is 18.0 Å². The minimum absolute atomic E-state index is 0.0871. The summed E-state index contributed by atoms with van der Waals surface area (Å²) in [6.45, 7) is 9.78. The van der Waals surface area contributed by atoms with Crippen molar-refractivity contribution in [2.45, 2.75) is 90.8 Å². The topological polar surface area (TPSA) is 86.8 Å². The van der Waals surface area contributed by atoms with E-state index in [0.717, 1.165) is 52.9 Å². The molecule has 0 saturated heterocycles. The van der Waals surface area contributed by atoms with Gasteiger partial charge in [0.05, 0.1) is 11.9 Å². The summed E-state index contributed by atoms with van der Waals surface area (Å²) in [7, 11) is -3.76. The molecule has 0 bridgehead atoms. The van der Waals surface area contributed by atoms with Crippen molar-refractivity contribution in [3.63, 3.8) is 0 Å². The average Bonchev–Trinajstić information content (AvgIpc) is 2.86. The molecule has 0 aliphatic heterocycles. The largest absolute Gasteiger partial charge is 0.352 e. The summed E-state index contributed by atoms with van der Waals surface area (Å²) in [5.41, 5.74) is 3.37. The van der Waals surface area contributed by atoms with Crippen LogP contribution in [0.2, 0.25) is 0 Å². The van der Waals surface area contributed by atoms with Crippen LogP contribution in [0.4, 0.5) is 5.69 Å². The monoisotopic (exact) mass is 541 g/mol. The van der Waals surface area contributed by atoms with Gasteiger partial charge in [-0.05, 0) is 55.4 Å². The van der Waals surface area contributed by atoms with E-state index in [1.807, 2.05) is 43.3 Å². The van der Waals surface area contributed by atoms with Crippen molar-refractivity contribution >= 4 is 27.5 Å². The highest BCUT2D eigenvalue weighted by molar-refractivity contribution is 7.92. The quantitative estimate of drug-likeness (QED) is 0.488. The number of nitrogens with zero attached hydrogens (tertiary/aromatic N) is 2. The number of carbonyl (C=O) groups excluding carboxylic acids is 2. The summed E-state index contributed by atoms with van der Waals surface area (Å²) in [6, 6.07) is 14.4. The van der Waals surface area contributed by atoms with E-state index in [0.29, 0.717) is 5.69 Å². The molecule has 1 unspecified atom stereocenters. The molecule has 0 spiro atoms. The summed E-state index contributed by atoms with van der Waals surface area (Å²) in [4.78, 5) is 28.5. The third kappa shape index (κ3) is 8.06. The predicted molar refractivity (Wildman–Crippen MR) is 154 cm³/mol.